The van der Waals surface area contributed by atoms with E-state index in [1.807, 2.05) is 13.0 Å². The van der Waals surface area contributed by atoms with Gasteiger partial charge in [-0.1, -0.05) is 24.1 Å². The number of aromatic hydroxyl groups is 1. The summed E-state index contributed by atoms with van der Waals surface area (Å²) in [5.41, 5.74) is 1.76. The van der Waals surface area contributed by atoms with Crippen LogP contribution in [-0.4, -0.2) is 17.3 Å². The molecule has 1 aromatic rings. The average Bonchev–Trinajstić information content (AvgIpc) is 2.39. The number of hydrogen-bond donors (Lipinski definition) is 2. The summed E-state index contributed by atoms with van der Waals surface area (Å²) in [6.45, 7) is 2.33. The Kier molecular flexibility index (Phi) is 4.58. The van der Waals surface area contributed by atoms with Gasteiger partial charge in [-0.2, -0.15) is 13.2 Å². The van der Waals surface area contributed by atoms with Crippen LogP contribution in [0.2, 0.25) is 0 Å². The standard InChI is InChI=1S/C15H20F3NO/c1-10-5-6-14(20)11(7-10)9-19-13-4-2-3-12(8-13)15(16,17)18/h5-7,12-13,19-20H,2-4,8-9H2,1H3. The van der Waals surface area contributed by atoms with Crippen molar-refractivity contribution >= 4 is 0 Å². The molecule has 0 bridgehead atoms. The largest absolute Gasteiger partial charge is 0.508 e. The second-order valence-corrected chi connectivity index (χ2v) is 5.62. The Hall–Kier alpha value is -1.23. The number of hydrogen-bond acceptors (Lipinski definition) is 2. The lowest BCUT2D eigenvalue weighted by Gasteiger charge is -2.31. The Morgan fingerprint density at radius 3 is 2.75 bits per heavy atom. The van der Waals surface area contributed by atoms with Crippen molar-refractivity contribution in [3.05, 3.63) is 29.3 Å². The molecule has 2 rings (SSSR count). The second kappa shape index (κ2) is 6.04. The van der Waals surface area contributed by atoms with Crippen LogP contribution in [-0.2, 0) is 6.54 Å². The molecule has 1 aliphatic rings. The SMILES string of the molecule is Cc1ccc(O)c(CNC2CCCC(C(F)(F)F)C2)c1. The second-order valence-electron chi connectivity index (χ2n) is 5.62. The van der Waals surface area contributed by atoms with Gasteiger partial charge in [-0.25, -0.2) is 0 Å². The molecule has 1 fully saturated rings. The fourth-order valence-electron chi connectivity index (χ4n) is 2.78. The van der Waals surface area contributed by atoms with Crippen molar-refractivity contribution in [1.82, 2.24) is 5.32 Å². The molecule has 1 aromatic carbocycles. The fraction of sp³-hybridized carbons (Fsp3) is 0.600. The molecule has 112 valence electrons. The van der Waals surface area contributed by atoms with Crippen LogP contribution in [0, 0.1) is 12.8 Å². The highest BCUT2D eigenvalue weighted by atomic mass is 19.4. The Balaban J connectivity index is 1.92. The number of alkyl halides is 3. The lowest BCUT2D eigenvalue weighted by molar-refractivity contribution is -0.183. The molecule has 0 aromatic heterocycles. The molecule has 1 saturated carbocycles. The van der Waals surface area contributed by atoms with E-state index in [9.17, 15) is 18.3 Å². The van der Waals surface area contributed by atoms with Crippen molar-refractivity contribution in [3.63, 3.8) is 0 Å². The zero-order chi connectivity index (χ0) is 14.8. The van der Waals surface area contributed by atoms with Crippen LogP contribution >= 0.6 is 0 Å². The molecule has 0 radical (unpaired) electrons. The predicted octanol–water partition coefficient (Wildman–Crippen LogP) is 3.91. The van der Waals surface area contributed by atoms with E-state index < -0.39 is 12.1 Å². The van der Waals surface area contributed by atoms with Gasteiger partial charge in [-0.3, -0.25) is 0 Å². The first-order valence-electron chi connectivity index (χ1n) is 6.95. The van der Waals surface area contributed by atoms with Crippen molar-refractivity contribution in [2.24, 2.45) is 5.92 Å². The Labute approximate surface area is 117 Å². The normalized spacial score (nSPS) is 23.8. The summed E-state index contributed by atoms with van der Waals surface area (Å²) in [6.07, 6.45) is -2.36. The van der Waals surface area contributed by atoms with Crippen molar-refractivity contribution in [2.75, 3.05) is 0 Å². The highest BCUT2D eigenvalue weighted by Crippen LogP contribution is 2.37. The molecule has 5 heteroatoms. The zero-order valence-electron chi connectivity index (χ0n) is 11.5. The third-order valence-corrected chi connectivity index (χ3v) is 3.95. The van der Waals surface area contributed by atoms with Crippen molar-refractivity contribution < 1.29 is 18.3 Å². The number of rotatable bonds is 3. The molecule has 0 heterocycles. The van der Waals surface area contributed by atoms with Crippen LogP contribution in [0.4, 0.5) is 13.2 Å². The van der Waals surface area contributed by atoms with Gasteiger partial charge in [-0.05, 0) is 32.3 Å². The predicted molar refractivity (Wildman–Crippen MR) is 71.5 cm³/mol. The minimum absolute atomic E-state index is 0.129. The van der Waals surface area contributed by atoms with Crippen LogP contribution in [0.3, 0.4) is 0 Å². The van der Waals surface area contributed by atoms with Gasteiger partial charge in [0.05, 0.1) is 5.92 Å². The minimum atomic E-state index is -4.09. The lowest BCUT2D eigenvalue weighted by atomic mass is 9.85. The van der Waals surface area contributed by atoms with Gasteiger partial charge in [0.1, 0.15) is 5.75 Å². The third-order valence-electron chi connectivity index (χ3n) is 3.95. The minimum Gasteiger partial charge on any atom is -0.508 e. The first-order chi connectivity index (χ1) is 9.36. The van der Waals surface area contributed by atoms with Gasteiger partial charge < -0.3 is 10.4 Å². The summed E-state index contributed by atoms with van der Waals surface area (Å²) >= 11 is 0. The van der Waals surface area contributed by atoms with Crippen LogP contribution < -0.4 is 5.32 Å². The molecule has 1 aliphatic carbocycles. The Morgan fingerprint density at radius 2 is 2.05 bits per heavy atom. The Bertz CT molecular complexity index is 459. The van der Waals surface area contributed by atoms with E-state index in [4.69, 9.17) is 0 Å². The monoisotopic (exact) mass is 287 g/mol. The summed E-state index contributed by atoms with van der Waals surface area (Å²) in [5.74, 6) is -1.01. The maximum atomic E-state index is 12.7. The highest BCUT2D eigenvalue weighted by Gasteiger charge is 2.41. The average molecular weight is 287 g/mol. The maximum Gasteiger partial charge on any atom is 0.391 e. The number of phenols is 1. The summed E-state index contributed by atoms with van der Waals surface area (Å²) in [5, 5.41) is 12.9. The molecule has 2 nitrogen and oxygen atoms in total. The van der Waals surface area contributed by atoms with E-state index in [1.54, 1.807) is 12.1 Å². The quantitative estimate of drug-likeness (QED) is 0.883. The molecule has 0 spiro atoms. The van der Waals surface area contributed by atoms with Crippen LogP contribution in [0.5, 0.6) is 5.75 Å². The summed E-state index contributed by atoms with van der Waals surface area (Å²) in [4.78, 5) is 0. The number of halogens is 3. The smallest absolute Gasteiger partial charge is 0.391 e. The molecule has 20 heavy (non-hydrogen) atoms. The summed E-state index contributed by atoms with van der Waals surface area (Å²) in [7, 11) is 0. The molecule has 2 N–H and O–H groups in total. The molecule has 0 saturated heterocycles. The van der Waals surface area contributed by atoms with Gasteiger partial charge in [0.2, 0.25) is 0 Å². The van der Waals surface area contributed by atoms with E-state index >= 15 is 0 Å². The van der Waals surface area contributed by atoms with Gasteiger partial charge in [0.25, 0.3) is 0 Å². The van der Waals surface area contributed by atoms with Crippen LogP contribution in [0.1, 0.15) is 36.8 Å². The number of aryl methyl sites for hydroxylation is 1. The topological polar surface area (TPSA) is 32.3 Å². The van der Waals surface area contributed by atoms with E-state index in [1.165, 1.54) is 0 Å². The van der Waals surface area contributed by atoms with Gasteiger partial charge >= 0.3 is 6.18 Å². The van der Waals surface area contributed by atoms with E-state index in [0.29, 0.717) is 13.0 Å². The first kappa shape index (κ1) is 15.2. The van der Waals surface area contributed by atoms with Crippen LogP contribution in [0.25, 0.3) is 0 Å². The summed E-state index contributed by atoms with van der Waals surface area (Å²) < 4.78 is 38.2. The van der Waals surface area contributed by atoms with Crippen molar-refractivity contribution in [1.29, 1.82) is 0 Å². The lowest BCUT2D eigenvalue weighted by Crippen LogP contribution is -2.38. The van der Waals surface area contributed by atoms with E-state index in [-0.39, 0.29) is 24.6 Å². The Morgan fingerprint density at radius 1 is 1.30 bits per heavy atom. The van der Waals surface area contributed by atoms with Gasteiger partial charge in [-0.15, -0.1) is 0 Å². The van der Waals surface area contributed by atoms with Crippen molar-refractivity contribution in [2.45, 2.75) is 51.4 Å². The number of phenolic OH excluding ortho intramolecular Hbond substituents is 1. The van der Waals surface area contributed by atoms with Gasteiger partial charge in [0, 0.05) is 18.2 Å². The molecule has 0 amide bonds. The first-order valence-corrected chi connectivity index (χ1v) is 6.95. The highest BCUT2D eigenvalue weighted by molar-refractivity contribution is 5.35. The van der Waals surface area contributed by atoms with E-state index in [2.05, 4.69) is 5.32 Å². The maximum absolute atomic E-state index is 12.7. The molecule has 2 atom stereocenters. The molecule has 2 unspecified atom stereocenters. The number of nitrogens with one attached hydrogen (secondary N) is 1. The van der Waals surface area contributed by atoms with E-state index in [0.717, 1.165) is 17.5 Å². The fourth-order valence-corrected chi connectivity index (χ4v) is 2.78. The summed E-state index contributed by atoms with van der Waals surface area (Å²) in [6, 6.07) is 5.15. The third kappa shape index (κ3) is 3.88. The van der Waals surface area contributed by atoms with Crippen molar-refractivity contribution in [3.8, 4) is 5.75 Å². The molecule has 0 aliphatic heterocycles. The molecular formula is C15H20F3NO. The van der Waals surface area contributed by atoms with Gasteiger partial charge in [0.15, 0.2) is 0 Å². The zero-order valence-corrected chi connectivity index (χ0v) is 11.5. The number of benzene rings is 1. The van der Waals surface area contributed by atoms with Crippen LogP contribution in [0.15, 0.2) is 18.2 Å². The molecular weight excluding hydrogens is 267 g/mol.